The molecule has 3 rings (SSSR count). The lowest BCUT2D eigenvalue weighted by atomic mass is 10.1. The minimum atomic E-state index is -0.0969. The van der Waals surface area contributed by atoms with Crippen LogP contribution in [-0.4, -0.2) is 56.7 Å². The number of ether oxygens (including phenoxy) is 1. The number of nitrogens with zero attached hydrogens (tertiary/aromatic N) is 2. The molecular formula is C21H31IN4O3. The normalized spacial score (nSPS) is 18.0. The molecule has 7 nitrogen and oxygen atoms in total. The summed E-state index contributed by atoms with van der Waals surface area (Å²) in [6, 6.07) is 9.86. The van der Waals surface area contributed by atoms with Gasteiger partial charge in [-0.15, -0.1) is 24.0 Å². The van der Waals surface area contributed by atoms with Gasteiger partial charge in [0.25, 0.3) is 0 Å². The van der Waals surface area contributed by atoms with E-state index in [2.05, 4.69) is 15.6 Å². The highest BCUT2D eigenvalue weighted by molar-refractivity contribution is 14.0. The van der Waals surface area contributed by atoms with E-state index in [4.69, 9.17) is 9.15 Å². The van der Waals surface area contributed by atoms with Crippen LogP contribution in [0.3, 0.4) is 0 Å². The fraction of sp³-hybridized carbons (Fsp3) is 0.524. The van der Waals surface area contributed by atoms with Gasteiger partial charge in [-0.2, -0.15) is 0 Å². The summed E-state index contributed by atoms with van der Waals surface area (Å²) in [6.07, 6.45) is 3.51. The van der Waals surface area contributed by atoms with E-state index in [1.165, 1.54) is 11.3 Å². The Kier molecular flexibility index (Phi) is 9.22. The summed E-state index contributed by atoms with van der Waals surface area (Å²) < 4.78 is 11.7. The van der Waals surface area contributed by atoms with Gasteiger partial charge in [0.05, 0.1) is 12.1 Å². The van der Waals surface area contributed by atoms with E-state index in [9.17, 15) is 4.79 Å². The number of nitrogens with one attached hydrogen (secondary N) is 2. The maximum absolute atomic E-state index is 11.9. The van der Waals surface area contributed by atoms with Gasteiger partial charge in [0, 0.05) is 32.6 Å². The van der Waals surface area contributed by atoms with Gasteiger partial charge in [-0.1, -0.05) is 18.2 Å². The maximum atomic E-state index is 11.9. The first kappa shape index (κ1) is 23.5. The van der Waals surface area contributed by atoms with Crippen LogP contribution in [0.5, 0.6) is 0 Å². The molecule has 2 unspecified atom stereocenters. The van der Waals surface area contributed by atoms with Crippen LogP contribution in [0.2, 0.25) is 0 Å². The number of halogens is 1. The molecule has 29 heavy (non-hydrogen) atoms. The molecule has 1 aromatic heterocycles. The molecular weight excluding hydrogens is 483 g/mol. The zero-order chi connectivity index (χ0) is 19.9. The molecule has 1 aromatic carbocycles. The summed E-state index contributed by atoms with van der Waals surface area (Å²) in [5.74, 6) is 1.35. The molecule has 0 aliphatic carbocycles. The number of aliphatic imine (C=N–C) groups is 1. The Morgan fingerprint density at radius 3 is 2.79 bits per heavy atom. The van der Waals surface area contributed by atoms with Crippen LogP contribution in [-0.2, 0) is 9.53 Å². The second-order valence-electron chi connectivity index (χ2n) is 7.38. The lowest BCUT2D eigenvalue weighted by molar-refractivity contribution is -0.127. The van der Waals surface area contributed by atoms with E-state index < -0.39 is 0 Å². The number of para-hydroxylation sites is 1. The molecule has 1 amide bonds. The monoisotopic (exact) mass is 514 g/mol. The summed E-state index contributed by atoms with van der Waals surface area (Å²) in [6.45, 7) is 3.57. The zero-order valence-electron chi connectivity index (χ0n) is 17.3. The fourth-order valence-corrected chi connectivity index (χ4v) is 3.11. The third-order valence-electron chi connectivity index (χ3n) is 4.87. The largest absolute Gasteiger partial charge is 0.459 e. The van der Waals surface area contributed by atoms with Gasteiger partial charge in [0.15, 0.2) is 5.96 Å². The summed E-state index contributed by atoms with van der Waals surface area (Å²) in [5.41, 5.74) is 0.857. The van der Waals surface area contributed by atoms with Crippen LogP contribution in [0.1, 0.15) is 38.0 Å². The number of hydrogen-bond acceptors (Lipinski definition) is 4. The van der Waals surface area contributed by atoms with Crippen molar-refractivity contribution in [3.05, 3.63) is 36.1 Å². The topological polar surface area (TPSA) is 79.1 Å². The number of carbonyl (C=O) groups excluding carboxylic acids is 1. The van der Waals surface area contributed by atoms with Gasteiger partial charge in [-0.3, -0.25) is 4.79 Å². The van der Waals surface area contributed by atoms with Crippen molar-refractivity contribution in [3.63, 3.8) is 0 Å². The molecule has 160 valence electrons. The molecule has 2 N–H and O–H groups in total. The number of rotatable bonds is 6. The SMILES string of the molecule is CC(NC(=NCC(=O)N(C)C)NCC1CCCCO1)c1cc2ccccc2o1.I. The first-order valence-corrected chi connectivity index (χ1v) is 9.88. The summed E-state index contributed by atoms with van der Waals surface area (Å²) in [7, 11) is 3.45. The van der Waals surface area contributed by atoms with Crippen molar-refractivity contribution in [2.45, 2.75) is 38.3 Å². The van der Waals surface area contributed by atoms with E-state index in [0.717, 1.165) is 36.2 Å². The molecule has 1 fully saturated rings. The fourth-order valence-electron chi connectivity index (χ4n) is 3.11. The molecule has 2 heterocycles. The number of amides is 1. The summed E-state index contributed by atoms with van der Waals surface area (Å²) >= 11 is 0. The standard InChI is InChI=1S/C21H30N4O3.HI/c1-15(19-12-16-8-4-5-10-18(16)28-19)24-21(23-14-20(26)25(2)3)22-13-17-9-6-7-11-27-17;/h4-5,8,10,12,15,17H,6-7,9,11,13-14H2,1-3H3,(H2,22,23,24);1H. The lowest BCUT2D eigenvalue weighted by Gasteiger charge is -2.24. The number of hydrogen-bond donors (Lipinski definition) is 2. The Bertz CT molecular complexity index is 782. The van der Waals surface area contributed by atoms with E-state index in [0.29, 0.717) is 12.5 Å². The average molecular weight is 514 g/mol. The summed E-state index contributed by atoms with van der Waals surface area (Å²) in [5, 5.41) is 7.73. The highest BCUT2D eigenvalue weighted by Crippen LogP contribution is 2.23. The zero-order valence-corrected chi connectivity index (χ0v) is 19.6. The first-order valence-electron chi connectivity index (χ1n) is 9.88. The van der Waals surface area contributed by atoms with Gasteiger partial charge in [0.2, 0.25) is 5.91 Å². The van der Waals surface area contributed by atoms with E-state index >= 15 is 0 Å². The Balaban J connectivity index is 0.00000300. The van der Waals surface area contributed by atoms with Crippen molar-refractivity contribution in [1.82, 2.24) is 15.5 Å². The van der Waals surface area contributed by atoms with Crippen LogP contribution < -0.4 is 10.6 Å². The number of carbonyl (C=O) groups is 1. The number of benzene rings is 1. The predicted octanol–water partition coefficient (Wildman–Crippen LogP) is 3.30. The molecule has 8 heteroatoms. The van der Waals surface area contributed by atoms with E-state index in [1.54, 1.807) is 14.1 Å². The molecule has 0 spiro atoms. The quantitative estimate of drug-likeness (QED) is 0.352. The highest BCUT2D eigenvalue weighted by atomic mass is 127. The van der Waals surface area contributed by atoms with Crippen LogP contribution in [0, 0.1) is 0 Å². The second-order valence-corrected chi connectivity index (χ2v) is 7.38. The average Bonchev–Trinajstić information content (AvgIpc) is 3.14. The van der Waals surface area contributed by atoms with Crippen molar-refractivity contribution < 1.29 is 13.9 Å². The Morgan fingerprint density at radius 1 is 1.31 bits per heavy atom. The van der Waals surface area contributed by atoms with Crippen LogP contribution in [0.4, 0.5) is 0 Å². The van der Waals surface area contributed by atoms with Crippen molar-refractivity contribution >= 4 is 46.8 Å². The number of likely N-dealkylation sites (N-methyl/N-ethyl adjacent to an activating group) is 1. The lowest BCUT2D eigenvalue weighted by Crippen LogP contribution is -2.44. The minimum absolute atomic E-state index is 0. The van der Waals surface area contributed by atoms with Gasteiger partial charge >= 0.3 is 0 Å². The molecule has 1 aliphatic rings. The molecule has 2 atom stereocenters. The Morgan fingerprint density at radius 2 is 2.10 bits per heavy atom. The van der Waals surface area contributed by atoms with Gasteiger partial charge in [0.1, 0.15) is 17.9 Å². The maximum Gasteiger partial charge on any atom is 0.243 e. The third-order valence-corrected chi connectivity index (χ3v) is 4.87. The number of guanidine groups is 1. The molecule has 0 saturated carbocycles. The van der Waals surface area contributed by atoms with E-state index in [1.807, 2.05) is 37.3 Å². The highest BCUT2D eigenvalue weighted by Gasteiger charge is 2.17. The van der Waals surface area contributed by atoms with Crippen LogP contribution >= 0.6 is 24.0 Å². The third kappa shape index (κ3) is 6.88. The van der Waals surface area contributed by atoms with Crippen molar-refractivity contribution in [1.29, 1.82) is 0 Å². The molecule has 0 radical (unpaired) electrons. The smallest absolute Gasteiger partial charge is 0.243 e. The Hall–Kier alpha value is -1.81. The molecule has 1 saturated heterocycles. The van der Waals surface area contributed by atoms with Crippen LogP contribution in [0.15, 0.2) is 39.7 Å². The van der Waals surface area contributed by atoms with Crippen LogP contribution in [0.25, 0.3) is 11.0 Å². The first-order chi connectivity index (χ1) is 13.5. The van der Waals surface area contributed by atoms with Gasteiger partial charge in [-0.05, 0) is 38.3 Å². The number of furan rings is 1. The van der Waals surface area contributed by atoms with Gasteiger partial charge in [-0.25, -0.2) is 4.99 Å². The van der Waals surface area contributed by atoms with Crippen molar-refractivity contribution in [3.8, 4) is 0 Å². The Labute approximate surface area is 189 Å². The van der Waals surface area contributed by atoms with E-state index in [-0.39, 0.29) is 48.6 Å². The molecule has 0 bridgehead atoms. The minimum Gasteiger partial charge on any atom is -0.459 e. The predicted molar refractivity (Wildman–Crippen MR) is 126 cm³/mol. The molecule has 2 aromatic rings. The number of fused-ring (bicyclic) bond motifs is 1. The summed E-state index contributed by atoms with van der Waals surface area (Å²) in [4.78, 5) is 17.9. The molecule has 1 aliphatic heterocycles. The van der Waals surface area contributed by atoms with Crippen molar-refractivity contribution in [2.24, 2.45) is 4.99 Å². The van der Waals surface area contributed by atoms with Gasteiger partial charge < -0.3 is 24.7 Å². The second kappa shape index (κ2) is 11.4. The van der Waals surface area contributed by atoms with Crippen molar-refractivity contribution in [2.75, 3.05) is 33.8 Å².